The molecule has 5 rings (SSSR count). The van der Waals surface area contributed by atoms with Crippen LogP contribution in [0.2, 0.25) is 0 Å². The molecule has 5 heterocycles. The number of rotatable bonds is 4. The van der Waals surface area contributed by atoms with Crippen LogP contribution in [0.15, 0.2) is 42.9 Å². The van der Waals surface area contributed by atoms with Gasteiger partial charge < -0.3 is 9.47 Å². The third-order valence-corrected chi connectivity index (χ3v) is 6.35. The summed E-state index contributed by atoms with van der Waals surface area (Å²) in [7, 11) is 2.08. The predicted molar refractivity (Wildman–Crippen MR) is 107 cm³/mol. The zero-order valence-corrected chi connectivity index (χ0v) is 16.7. The molecule has 0 radical (unpaired) electrons. The van der Waals surface area contributed by atoms with Crippen LogP contribution in [0.5, 0.6) is 0 Å². The molecule has 8 nitrogen and oxygen atoms in total. The topological polar surface area (TPSA) is 82.9 Å². The number of hydrogen-bond donors (Lipinski definition) is 1. The van der Waals surface area contributed by atoms with Gasteiger partial charge in [0.15, 0.2) is 5.82 Å². The Morgan fingerprint density at radius 1 is 1.28 bits per heavy atom. The smallest absolute Gasteiger partial charge is 0.255 e. The number of nitrogens with zero attached hydrogens (tertiary/aromatic N) is 6. The van der Waals surface area contributed by atoms with Gasteiger partial charge in [-0.25, -0.2) is 4.98 Å². The lowest BCUT2D eigenvalue weighted by atomic mass is 9.80. The lowest BCUT2D eigenvalue weighted by Gasteiger charge is -2.27. The highest BCUT2D eigenvalue weighted by molar-refractivity contribution is 5.94. The Hall–Kier alpha value is -3.00. The Morgan fingerprint density at radius 3 is 2.86 bits per heavy atom. The minimum Gasteiger partial charge on any atom is -0.353 e. The minimum absolute atomic E-state index is 0.0353. The van der Waals surface area contributed by atoms with E-state index in [0.717, 1.165) is 31.3 Å². The van der Waals surface area contributed by atoms with Gasteiger partial charge in [0.05, 0.1) is 11.0 Å². The van der Waals surface area contributed by atoms with E-state index in [9.17, 15) is 4.79 Å². The molecular weight excluding hydrogens is 366 g/mol. The number of fused-ring (bicyclic) bond motifs is 1. The van der Waals surface area contributed by atoms with E-state index in [-0.39, 0.29) is 11.3 Å². The molecule has 2 aliphatic rings. The first-order valence-electron chi connectivity index (χ1n) is 9.96. The second-order valence-corrected chi connectivity index (χ2v) is 8.30. The number of amides is 1. The first-order chi connectivity index (χ1) is 14.0. The van der Waals surface area contributed by atoms with E-state index in [1.165, 1.54) is 5.69 Å². The lowest BCUT2D eigenvalue weighted by Crippen LogP contribution is -2.40. The van der Waals surface area contributed by atoms with Crippen molar-refractivity contribution >= 4 is 5.91 Å². The second kappa shape index (κ2) is 6.81. The van der Waals surface area contributed by atoms with E-state index < -0.39 is 0 Å². The minimum atomic E-state index is -0.242. The molecule has 2 fully saturated rings. The Morgan fingerprint density at radius 2 is 2.17 bits per heavy atom. The van der Waals surface area contributed by atoms with Crippen LogP contribution in [-0.2, 0) is 19.0 Å². The largest absolute Gasteiger partial charge is 0.353 e. The number of carbonyl (C=O) groups is 1. The fraction of sp³-hybridized carbons (Fsp3) is 0.429. The fourth-order valence-electron chi connectivity index (χ4n) is 4.89. The average molecular weight is 391 g/mol. The molecule has 0 unspecified atom stereocenters. The summed E-state index contributed by atoms with van der Waals surface area (Å²) in [6.45, 7) is 5.93. The Kier molecular flexibility index (Phi) is 4.24. The van der Waals surface area contributed by atoms with Crippen LogP contribution in [0.4, 0.5) is 0 Å². The molecule has 0 bridgehead atoms. The molecule has 2 atom stereocenters. The van der Waals surface area contributed by atoms with Gasteiger partial charge in [0.2, 0.25) is 0 Å². The van der Waals surface area contributed by atoms with Crippen LogP contribution in [0.25, 0.3) is 0 Å². The highest BCUT2D eigenvalue weighted by atomic mass is 16.2. The van der Waals surface area contributed by atoms with Gasteiger partial charge in [0.25, 0.3) is 5.91 Å². The molecule has 0 spiro atoms. The SMILES string of the molecule is Cc1nc([C@@]23CN(Cc4cccn4C)C[C@@H]2CN(C(=O)c2cccnc2)C3)n[nH]1. The van der Waals surface area contributed by atoms with Crippen LogP contribution in [-0.4, -0.2) is 66.6 Å². The van der Waals surface area contributed by atoms with Crippen LogP contribution in [0.3, 0.4) is 0 Å². The summed E-state index contributed by atoms with van der Waals surface area (Å²) >= 11 is 0. The average Bonchev–Trinajstić information content (AvgIpc) is 3.47. The van der Waals surface area contributed by atoms with E-state index in [2.05, 4.69) is 50.0 Å². The van der Waals surface area contributed by atoms with Crippen molar-refractivity contribution in [1.29, 1.82) is 0 Å². The molecule has 8 heteroatoms. The highest BCUT2D eigenvalue weighted by Crippen LogP contribution is 2.44. The van der Waals surface area contributed by atoms with Gasteiger partial charge in [-0.15, -0.1) is 0 Å². The Labute approximate surface area is 169 Å². The quantitative estimate of drug-likeness (QED) is 0.726. The van der Waals surface area contributed by atoms with Gasteiger partial charge in [0.1, 0.15) is 5.82 Å². The maximum Gasteiger partial charge on any atom is 0.255 e. The summed E-state index contributed by atoms with van der Waals surface area (Å²) in [4.78, 5) is 26.3. The van der Waals surface area contributed by atoms with Gasteiger partial charge in [-0.3, -0.25) is 19.8 Å². The summed E-state index contributed by atoms with van der Waals surface area (Å²) in [6.07, 6.45) is 5.41. The number of likely N-dealkylation sites (tertiary alicyclic amines) is 2. The summed E-state index contributed by atoms with van der Waals surface area (Å²) < 4.78 is 2.16. The Bertz CT molecular complexity index is 1030. The maximum absolute atomic E-state index is 13.1. The van der Waals surface area contributed by atoms with Crippen molar-refractivity contribution in [1.82, 2.24) is 34.5 Å². The van der Waals surface area contributed by atoms with Gasteiger partial charge >= 0.3 is 0 Å². The first kappa shape index (κ1) is 18.1. The third-order valence-electron chi connectivity index (χ3n) is 6.35. The summed E-state index contributed by atoms with van der Waals surface area (Å²) in [6, 6.07) is 7.87. The van der Waals surface area contributed by atoms with Crippen molar-refractivity contribution in [3.8, 4) is 0 Å². The van der Waals surface area contributed by atoms with Gasteiger partial charge in [0, 0.05) is 70.0 Å². The number of carbonyl (C=O) groups excluding carboxylic acids is 1. The normalized spacial score (nSPS) is 24.2. The van der Waals surface area contributed by atoms with Crippen molar-refractivity contribution in [2.75, 3.05) is 26.2 Å². The number of hydrogen-bond acceptors (Lipinski definition) is 5. The summed E-state index contributed by atoms with van der Waals surface area (Å²) in [5, 5.41) is 7.53. The molecule has 3 aromatic heterocycles. The van der Waals surface area contributed by atoms with E-state index >= 15 is 0 Å². The second-order valence-electron chi connectivity index (χ2n) is 8.30. The standard InChI is InChI=1S/C21H25N7O/c1-15-23-20(25-24-15)21-13-27(12-18-6-4-8-26(18)2)10-17(21)11-28(14-21)19(29)16-5-3-7-22-9-16/h3-9,17H,10-14H2,1-2H3,(H,23,24,25)/t17-,21-/m1/s1. The van der Waals surface area contributed by atoms with Crippen molar-refractivity contribution in [3.05, 3.63) is 65.8 Å². The fourth-order valence-corrected chi connectivity index (χ4v) is 4.89. The molecule has 2 aliphatic heterocycles. The summed E-state index contributed by atoms with van der Waals surface area (Å²) in [5.74, 6) is 1.98. The molecule has 0 aliphatic carbocycles. The van der Waals surface area contributed by atoms with E-state index in [1.807, 2.05) is 17.9 Å². The predicted octanol–water partition coefficient (Wildman–Crippen LogP) is 1.37. The zero-order chi connectivity index (χ0) is 20.0. The molecule has 150 valence electrons. The van der Waals surface area contributed by atoms with Crippen molar-refractivity contribution in [3.63, 3.8) is 0 Å². The number of aromatic nitrogens is 5. The van der Waals surface area contributed by atoms with Crippen LogP contribution in [0.1, 0.15) is 27.7 Å². The maximum atomic E-state index is 13.1. The molecule has 1 N–H and O–H groups in total. The molecule has 1 amide bonds. The first-order valence-corrected chi connectivity index (χ1v) is 9.96. The van der Waals surface area contributed by atoms with E-state index in [1.54, 1.807) is 18.5 Å². The highest BCUT2D eigenvalue weighted by Gasteiger charge is 2.56. The zero-order valence-electron chi connectivity index (χ0n) is 16.7. The number of H-pyrrole nitrogens is 1. The van der Waals surface area contributed by atoms with Crippen molar-refractivity contribution < 1.29 is 4.79 Å². The number of nitrogens with one attached hydrogen (secondary N) is 1. The molecule has 0 saturated carbocycles. The van der Waals surface area contributed by atoms with Gasteiger partial charge in [-0.2, -0.15) is 5.10 Å². The number of aryl methyl sites for hydroxylation is 2. The molecule has 3 aromatic rings. The molecule has 2 saturated heterocycles. The van der Waals surface area contributed by atoms with Gasteiger partial charge in [-0.1, -0.05) is 0 Å². The van der Waals surface area contributed by atoms with E-state index in [0.29, 0.717) is 24.6 Å². The molecule has 0 aromatic carbocycles. The van der Waals surface area contributed by atoms with Crippen LogP contribution in [0, 0.1) is 12.8 Å². The molecular formula is C21H25N7O. The number of aromatic amines is 1. The van der Waals surface area contributed by atoms with Crippen LogP contribution < -0.4 is 0 Å². The van der Waals surface area contributed by atoms with Gasteiger partial charge in [-0.05, 0) is 31.2 Å². The Balaban J connectivity index is 1.42. The lowest BCUT2D eigenvalue weighted by molar-refractivity contribution is 0.0768. The third kappa shape index (κ3) is 3.04. The summed E-state index contributed by atoms with van der Waals surface area (Å²) in [5.41, 5.74) is 1.68. The van der Waals surface area contributed by atoms with E-state index in [4.69, 9.17) is 4.98 Å². The van der Waals surface area contributed by atoms with Crippen LogP contribution >= 0.6 is 0 Å². The van der Waals surface area contributed by atoms with Crippen molar-refractivity contribution in [2.45, 2.75) is 18.9 Å². The number of pyridine rings is 1. The van der Waals surface area contributed by atoms with Crippen molar-refractivity contribution in [2.24, 2.45) is 13.0 Å². The molecule has 29 heavy (non-hydrogen) atoms. The monoisotopic (exact) mass is 391 g/mol.